The van der Waals surface area contributed by atoms with Gasteiger partial charge in [-0.05, 0) is 22.5 Å². The third-order valence-electron chi connectivity index (χ3n) is 1.58. The quantitative estimate of drug-likeness (QED) is 0.507. The lowest BCUT2D eigenvalue weighted by Crippen LogP contribution is -1.99. The lowest BCUT2D eigenvalue weighted by atomic mass is 9.96. The number of fused-ring (bicyclic) bond motifs is 1. The minimum Gasteiger partial charge on any atom is -0.105 e. The van der Waals surface area contributed by atoms with Crippen molar-refractivity contribution in [3.63, 3.8) is 0 Å². The van der Waals surface area contributed by atoms with Crippen molar-refractivity contribution in [1.82, 2.24) is 0 Å². The summed E-state index contributed by atoms with van der Waals surface area (Å²) in [5.74, 6) is 0.422. The molecular formula is C9H7S. The molecule has 0 saturated heterocycles. The smallest absolute Gasteiger partial charge is 0.0286 e. The minimum atomic E-state index is 0.422. The first-order valence-electron chi connectivity index (χ1n) is 3.25. The van der Waals surface area contributed by atoms with Gasteiger partial charge < -0.3 is 0 Å². The molecule has 1 heterocycles. The molecule has 0 aromatic heterocycles. The first-order valence-corrected chi connectivity index (χ1v) is 4.19. The number of thioether (sulfide) groups is 1. The minimum absolute atomic E-state index is 0.422. The fraction of sp³-hybridized carbons (Fsp3) is 0.111. The molecule has 0 saturated carbocycles. The summed E-state index contributed by atoms with van der Waals surface area (Å²) in [4.78, 5) is 0. The van der Waals surface area contributed by atoms with Gasteiger partial charge in [-0.3, -0.25) is 0 Å². The van der Waals surface area contributed by atoms with Gasteiger partial charge in [-0.1, -0.05) is 24.3 Å². The molecule has 10 heavy (non-hydrogen) atoms. The Balaban J connectivity index is 2.33. The maximum absolute atomic E-state index is 3.25. The summed E-state index contributed by atoms with van der Waals surface area (Å²) in [5, 5.41) is 4.18. The Morgan fingerprint density at radius 3 is 3.30 bits per heavy atom. The van der Waals surface area contributed by atoms with Gasteiger partial charge in [-0.2, -0.15) is 0 Å². The summed E-state index contributed by atoms with van der Waals surface area (Å²) in [6.07, 6.45) is 11.7. The second-order valence-corrected chi connectivity index (χ2v) is 3.00. The van der Waals surface area contributed by atoms with E-state index in [9.17, 15) is 0 Å². The Morgan fingerprint density at radius 1 is 1.40 bits per heavy atom. The summed E-state index contributed by atoms with van der Waals surface area (Å²) in [7, 11) is 0. The van der Waals surface area contributed by atoms with E-state index >= 15 is 0 Å². The van der Waals surface area contributed by atoms with E-state index in [-0.39, 0.29) is 0 Å². The largest absolute Gasteiger partial charge is 0.105 e. The van der Waals surface area contributed by atoms with Gasteiger partial charge in [0.25, 0.3) is 0 Å². The fourth-order valence-electron chi connectivity index (χ4n) is 1.05. The standard InChI is InChI=1S/C9H7S/c1-2-4-9-7-10-6-5-8(9)3-1/h1-4,6-8H. The molecule has 0 fully saturated rings. The van der Waals surface area contributed by atoms with Crippen LogP contribution in [0.2, 0.25) is 0 Å². The van der Waals surface area contributed by atoms with Gasteiger partial charge >= 0.3 is 0 Å². The average molecular weight is 147 g/mol. The number of hydrogen-bond donors (Lipinski definition) is 0. The molecule has 1 atom stereocenters. The van der Waals surface area contributed by atoms with E-state index in [2.05, 4.69) is 35.8 Å². The summed E-state index contributed by atoms with van der Waals surface area (Å²) in [6, 6.07) is 0. The highest BCUT2D eigenvalue weighted by atomic mass is 32.2. The van der Waals surface area contributed by atoms with Crippen LogP contribution in [0.1, 0.15) is 0 Å². The van der Waals surface area contributed by atoms with Gasteiger partial charge in [0, 0.05) is 5.92 Å². The molecule has 1 unspecified atom stereocenters. The molecule has 0 bridgehead atoms. The first kappa shape index (κ1) is 6.05. The maximum Gasteiger partial charge on any atom is 0.0286 e. The SMILES string of the molecule is [C]1=CSC=C2C=CC=CC12. The van der Waals surface area contributed by atoms with Gasteiger partial charge in [-0.15, -0.1) is 11.8 Å². The van der Waals surface area contributed by atoms with Crippen molar-refractivity contribution < 1.29 is 0 Å². The van der Waals surface area contributed by atoms with E-state index in [4.69, 9.17) is 0 Å². The van der Waals surface area contributed by atoms with Gasteiger partial charge in [0.15, 0.2) is 0 Å². The number of allylic oxidation sites excluding steroid dienone is 6. The third kappa shape index (κ3) is 0.971. The lowest BCUT2D eigenvalue weighted by molar-refractivity contribution is 0.967. The highest BCUT2D eigenvalue weighted by molar-refractivity contribution is 8.04. The first-order chi connectivity index (χ1) is 4.97. The third-order valence-corrected chi connectivity index (χ3v) is 2.26. The maximum atomic E-state index is 3.25. The van der Waals surface area contributed by atoms with Crippen molar-refractivity contribution in [2.24, 2.45) is 5.92 Å². The molecule has 0 aromatic carbocycles. The van der Waals surface area contributed by atoms with Crippen LogP contribution in [0.15, 0.2) is 40.7 Å². The van der Waals surface area contributed by atoms with Crippen molar-refractivity contribution in [1.29, 1.82) is 0 Å². The Bertz CT molecular complexity index is 243. The number of hydrogen-bond acceptors (Lipinski definition) is 1. The highest BCUT2D eigenvalue weighted by Gasteiger charge is 2.09. The van der Waals surface area contributed by atoms with Crippen LogP contribution in [0.5, 0.6) is 0 Å². The summed E-state index contributed by atoms with van der Waals surface area (Å²) in [5.41, 5.74) is 1.36. The van der Waals surface area contributed by atoms with Crippen molar-refractivity contribution in [3.8, 4) is 0 Å². The Kier molecular flexibility index (Phi) is 1.52. The normalized spacial score (nSPS) is 28.0. The molecule has 1 aliphatic carbocycles. The topological polar surface area (TPSA) is 0 Å². The van der Waals surface area contributed by atoms with Crippen molar-refractivity contribution in [2.45, 2.75) is 0 Å². The molecule has 0 aromatic rings. The van der Waals surface area contributed by atoms with Crippen molar-refractivity contribution >= 4 is 11.8 Å². The van der Waals surface area contributed by atoms with Gasteiger partial charge in [0.1, 0.15) is 0 Å². The Morgan fingerprint density at radius 2 is 2.40 bits per heavy atom. The van der Waals surface area contributed by atoms with E-state index in [1.54, 1.807) is 11.8 Å². The molecule has 2 rings (SSSR count). The lowest BCUT2D eigenvalue weighted by Gasteiger charge is -2.14. The Labute approximate surface area is 65.0 Å². The Hall–Kier alpha value is -0.690. The second kappa shape index (κ2) is 2.51. The zero-order chi connectivity index (χ0) is 6.81. The molecule has 1 aliphatic heterocycles. The molecule has 0 spiro atoms. The van der Waals surface area contributed by atoms with Crippen molar-refractivity contribution in [3.05, 3.63) is 46.8 Å². The molecule has 0 N–H and O–H groups in total. The van der Waals surface area contributed by atoms with Crippen LogP contribution in [0.4, 0.5) is 0 Å². The van der Waals surface area contributed by atoms with E-state index in [1.165, 1.54) is 5.57 Å². The average Bonchev–Trinajstić information content (AvgIpc) is 2.05. The molecule has 49 valence electrons. The van der Waals surface area contributed by atoms with Gasteiger partial charge in [0.05, 0.1) is 0 Å². The second-order valence-electron chi connectivity index (χ2n) is 2.26. The molecular weight excluding hydrogens is 140 g/mol. The van der Waals surface area contributed by atoms with Crippen molar-refractivity contribution in [2.75, 3.05) is 0 Å². The molecule has 1 radical (unpaired) electrons. The van der Waals surface area contributed by atoms with Crippen LogP contribution in [-0.2, 0) is 0 Å². The van der Waals surface area contributed by atoms with E-state index in [0.29, 0.717) is 5.92 Å². The van der Waals surface area contributed by atoms with Crippen LogP contribution in [0.3, 0.4) is 0 Å². The fourth-order valence-corrected chi connectivity index (χ4v) is 1.72. The van der Waals surface area contributed by atoms with E-state index < -0.39 is 0 Å². The summed E-state index contributed by atoms with van der Waals surface area (Å²) in [6.45, 7) is 0. The molecule has 2 aliphatic rings. The molecule has 1 heteroatoms. The predicted octanol–water partition coefficient (Wildman–Crippen LogP) is 2.68. The van der Waals surface area contributed by atoms with E-state index in [0.717, 1.165) is 0 Å². The predicted molar refractivity (Wildman–Crippen MR) is 45.3 cm³/mol. The van der Waals surface area contributed by atoms with E-state index in [1.807, 2.05) is 5.41 Å². The van der Waals surface area contributed by atoms with Crippen LogP contribution >= 0.6 is 11.8 Å². The van der Waals surface area contributed by atoms with Crippen LogP contribution in [-0.4, -0.2) is 0 Å². The van der Waals surface area contributed by atoms with Gasteiger partial charge in [0.2, 0.25) is 0 Å². The monoisotopic (exact) mass is 147 g/mol. The van der Waals surface area contributed by atoms with Crippen LogP contribution < -0.4 is 0 Å². The zero-order valence-electron chi connectivity index (χ0n) is 5.45. The van der Waals surface area contributed by atoms with Crippen LogP contribution in [0, 0.1) is 12.0 Å². The van der Waals surface area contributed by atoms with Gasteiger partial charge in [-0.25, -0.2) is 0 Å². The zero-order valence-corrected chi connectivity index (χ0v) is 6.27. The summed E-state index contributed by atoms with van der Waals surface area (Å²) < 4.78 is 0. The highest BCUT2D eigenvalue weighted by Crippen LogP contribution is 2.27. The summed E-state index contributed by atoms with van der Waals surface area (Å²) >= 11 is 1.70. The van der Waals surface area contributed by atoms with Crippen LogP contribution in [0.25, 0.3) is 0 Å². The molecule has 0 nitrogen and oxygen atoms in total. The number of rotatable bonds is 0. The molecule has 0 amide bonds.